The third kappa shape index (κ3) is 4.01. The minimum atomic E-state index is 0.486. The van der Waals surface area contributed by atoms with Crippen LogP contribution in [0.15, 0.2) is 34.8 Å². The molecule has 1 heterocycles. The maximum atomic E-state index is 6.17. The van der Waals surface area contributed by atoms with E-state index in [9.17, 15) is 0 Å². The number of anilines is 3. The van der Waals surface area contributed by atoms with Crippen LogP contribution in [-0.4, -0.2) is 11.5 Å². The monoisotopic (exact) mass is 373 g/mol. The second kappa shape index (κ2) is 7.16. The Morgan fingerprint density at radius 3 is 2.40 bits per heavy atom. The molecule has 2 aromatic rings. The fraction of sp³-hybridized carbons (Fsp3) is 0.214. The molecule has 1 aromatic carbocycles. The minimum absolute atomic E-state index is 0.486. The molecule has 3 nitrogen and oxygen atoms in total. The summed E-state index contributed by atoms with van der Waals surface area (Å²) in [6, 6.07) is 9.46. The van der Waals surface area contributed by atoms with Gasteiger partial charge in [0.2, 0.25) is 0 Å². The maximum absolute atomic E-state index is 6.17. The number of hydrogen-bond donors (Lipinski definition) is 2. The first kappa shape index (κ1) is 15.4. The molecular weight excluding hydrogens is 361 g/mol. The van der Waals surface area contributed by atoms with Crippen LogP contribution in [-0.2, 0) is 0 Å². The lowest BCUT2D eigenvalue weighted by molar-refractivity contribution is 0.970. The molecule has 0 amide bonds. The third-order valence-electron chi connectivity index (χ3n) is 2.58. The molecule has 6 heteroatoms. The van der Waals surface area contributed by atoms with Gasteiger partial charge in [0, 0.05) is 16.7 Å². The molecule has 106 valence electrons. The highest BCUT2D eigenvalue weighted by molar-refractivity contribution is 9.10. The van der Waals surface area contributed by atoms with Crippen molar-refractivity contribution in [1.82, 2.24) is 4.98 Å². The van der Waals surface area contributed by atoms with E-state index in [0.29, 0.717) is 21.7 Å². The lowest BCUT2D eigenvalue weighted by atomic mass is 10.3. The molecule has 2 N–H and O–H groups in total. The van der Waals surface area contributed by atoms with Gasteiger partial charge in [-0.2, -0.15) is 0 Å². The fourth-order valence-corrected chi connectivity index (χ4v) is 2.33. The Hall–Kier alpha value is -0.970. The lowest BCUT2D eigenvalue weighted by Gasteiger charge is -2.12. The van der Waals surface area contributed by atoms with Crippen LogP contribution in [0.25, 0.3) is 0 Å². The summed E-state index contributed by atoms with van der Waals surface area (Å²) in [7, 11) is 0. The molecule has 0 radical (unpaired) electrons. The summed E-state index contributed by atoms with van der Waals surface area (Å²) in [6.45, 7) is 2.89. The van der Waals surface area contributed by atoms with Crippen molar-refractivity contribution in [2.24, 2.45) is 0 Å². The number of halogens is 3. The van der Waals surface area contributed by atoms with Gasteiger partial charge in [-0.25, -0.2) is 4.98 Å². The van der Waals surface area contributed by atoms with Crippen molar-refractivity contribution in [2.45, 2.75) is 13.3 Å². The van der Waals surface area contributed by atoms with Crippen molar-refractivity contribution < 1.29 is 0 Å². The van der Waals surface area contributed by atoms with Gasteiger partial charge in [0.15, 0.2) is 5.82 Å². The van der Waals surface area contributed by atoms with E-state index in [1.807, 2.05) is 24.3 Å². The van der Waals surface area contributed by atoms with Gasteiger partial charge >= 0.3 is 0 Å². The van der Waals surface area contributed by atoms with Gasteiger partial charge in [-0.05, 0) is 36.8 Å². The highest BCUT2D eigenvalue weighted by atomic mass is 79.9. The minimum Gasteiger partial charge on any atom is -0.369 e. The van der Waals surface area contributed by atoms with E-state index in [-0.39, 0.29) is 0 Å². The number of nitrogens with zero attached hydrogens (tertiary/aromatic N) is 1. The van der Waals surface area contributed by atoms with Gasteiger partial charge in [-0.15, -0.1) is 0 Å². The van der Waals surface area contributed by atoms with Gasteiger partial charge in [-0.1, -0.05) is 46.1 Å². The van der Waals surface area contributed by atoms with Gasteiger partial charge in [0.05, 0.1) is 10.0 Å². The molecule has 0 bridgehead atoms. The quantitative estimate of drug-likeness (QED) is 0.702. The molecular formula is C14H14BrCl2N3. The van der Waals surface area contributed by atoms with E-state index in [2.05, 4.69) is 38.5 Å². The number of aromatic nitrogens is 1. The van der Waals surface area contributed by atoms with Crippen LogP contribution in [0.2, 0.25) is 10.0 Å². The number of benzene rings is 1. The zero-order chi connectivity index (χ0) is 14.5. The van der Waals surface area contributed by atoms with Gasteiger partial charge in [0.1, 0.15) is 5.82 Å². The zero-order valence-electron chi connectivity index (χ0n) is 10.9. The van der Waals surface area contributed by atoms with E-state index in [4.69, 9.17) is 23.2 Å². The summed E-state index contributed by atoms with van der Waals surface area (Å²) in [6.07, 6.45) is 0.996. The molecule has 2 rings (SSSR count). The smallest absolute Gasteiger partial charge is 0.151 e. The zero-order valence-corrected chi connectivity index (χ0v) is 14.0. The van der Waals surface area contributed by atoms with Crippen LogP contribution in [0.5, 0.6) is 0 Å². The average molecular weight is 375 g/mol. The Labute approximate surface area is 136 Å². The van der Waals surface area contributed by atoms with Crippen molar-refractivity contribution in [3.8, 4) is 0 Å². The highest BCUT2D eigenvalue weighted by Gasteiger charge is 2.09. The molecule has 20 heavy (non-hydrogen) atoms. The van der Waals surface area contributed by atoms with Crippen LogP contribution in [0, 0.1) is 0 Å². The summed E-state index contributed by atoms with van der Waals surface area (Å²) in [5.74, 6) is 1.22. The van der Waals surface area contributed by atoms with Crippen molar-refractivity contribution in [3.05, 3.63) is 44.8 Å². The Balaban J connectivity index is 2.24. The molecule has 0 aliphatic heterocycles. The molecule has 0 saturated heterocycles. The summed E-state index contributed by atoms with van der Waals surface area (Å²) in [5, 5.41) is 7.36. The number of nitrogens with one attached hydrogen (secondary N) is 2. The second-order valence-corrected chi connectivity index (χ2v) is 5.94. The Morgan fingerprint density at radius 2 is 1.75 bits per heavy atom. The topological polar surface area (TPSA) is 37.0 Å². The third-order valence-corrected chi connectivity index (χ3v) is 3.68. The maximum Gasteiger partial charge on any atom is 0.151 e. The van der Waals surface area contributed by atoms with E-state index in [1.165, 1.54) is 0 Å². The number of hydrogen-bond acceptors (Lipinski definition) is 3. The first-order chi connectivity index (χ1) is 9.60. The summed E-state index contributed by atoms with van der Waals surface area (Å²) in [5.41, 5.74) is 0.909. The van der Waals surface area contributed by atoms with Gasteiger partial charge in [0.25, 0.3) is 0 Å². The van der Waals surface area contributed by atoms with E-state index >= 15 is 0 Å². The second-order valence-electron chi connectivity index (χ2n) is 4.21. The average Bonchev–Trinajstić information content (AvgIpc) is 2.43. The van der Waals surface area contributed by atoms with Crippen LogP contribution < -0.4 is 10.6 Å². The summed E-state index contributed by atoms with van der Waals surface area (Å²) >= 11 is 15.7. The van der Waals surface area contributed by atoms with E-state index < -0.39 is 0 Å². The molecule has 0 aliphatic rings. The molecule has 1 aromatic heterocycles. The molecule has 0 atom stereocenters. The molecule has 0 aliphatic carbocycles. The lowest BCUT2D eigenvalue weighted by Crippen LogP contribution is -2.04. The Bertz CT molecular complexity index is 588. The molecule has 0 unspecified atom stereocenters. The Kier molecular flexibility index (Phi) is 5.52. The normalized spacial score (nSPS) is 10.4. The number of rotatable bonds is 5. The van der Waals surface area contributed by atoms with Gasteiger partial charge < -0.3 is 10.6 Å². The fourth-order valence-electron chi connectivity index (χ4n) is 1.59. The van der Waals surface area contributed by atoms with Crippen LogP contribution in [0.1, 0.15) is 13.3 Å². The summed E-state index contributed by atoms with van der Waals surface area (Å²) < 4.78 is 1.02. The van der Waals surface area contributed by atoms with E-state index in [0.717, 1.165) is 23.1 Å². The largest absolute Gasteiger partial charge is 0.369 e. The Morgan fingerprint density at radius 1 is 1.10 bits per heavy atom. The van der Waals surface area contributed by atoms with Crippen LogP contribution in [0.3, 0.4) is 0 Å². The predicted octanol–water partition coefficient (Wildman–Crippen LogP) is 5.72. The molecule has 0 saturated carbocycles. The first-order valence-electron chi connectivity index (χ1n) is 6.22. The first-order valence-corrected chi connectivity index (χ1v) is 7.77. The van der Waals surface area contributed by atoms with Crippen LogP contribution >= 0.6 is 39.1 Å². The molecule has 0 spiro atoms. The van der Waals surface area contributed by atoms with Crippen LogP contribution in [0.4, 0.5) is 17.3 Å². The summed E-state index contributed by atoms with van der Waals surface area (Å²) in [4.78, 5) is 4.43. The van der Waals surface area contributed by atoms with Crippen molar-refractivity contribution >= 4 is 56.5 Å². The number of pyridine rings is 1. The van der Waals surface area contributed by atoms with Crippen molar-refractivity contribution in [2.75, 3.05) is 17.2 Å². The molecule has 0 fully saturated rings. The van der Waals surface area contributed by atoms with Crippen molar-refractivity contribution in [1.29, 1.82) is 0 Å². The highest BCUT2D eigenvalue weighted by Crippen LogP contribution is 2.31. The SMILES string of the molecule is CCCNc1nc(Nc2ccc(Br)cc2)c(Cl)cc1Cl. The van der Waals surface area contributed by atoms with E-state index in [1.54, 1.807) is 6.07 Å². The standard InChI is InChI=1S/C14H14BrCl2N3/c1-2-7-18-13-11(16)8-12(17)14(20-13)19-10-5-3-9(15)4-6-10/h3-6,8H,2,7H2,1H3,(H2,18,19,20). The predicted molar refractivity (Wildman–Crippen MR) is 90.5 cm³/mol. The van der Waals surface area contributed by atoms with Crippen molar-refractivity contribution in [3.63, 3.8) is 0 Å². The van der Waals surface area contributed by atoms with Gasteiger partial charge in [-0.3, -0.25) is 0 Å².